The second-order valence-corrected chi connectivity index (χ2v) is 4.98. The number of piperidine rings is 1. The van der Waals surface area contributed by atoms with Gasteiger partial charge in [0, 0.05) is 32.9 Å². The molecule has 0 aromatic heterocycles. The molecule has 3 aliphatic rings. The predicted octanol–water partition coefficient (Wildman–Crippen LogP) is 0.829. The number of carbonyl (C=O) groups excluding carboxylic acids is 1. The molecule has 2 bridgehead atoms. The van der Waals surface area contributed by atoms with Crippen molar-refractivity contribution < 1.29 is 9.28 Å². The zero-order valence-electron chi connectivity index (χ0n) is 9.29. The number of likely N-dealkylation sites (N-methyl/N-ethyl adjacent to an activating group) is 1. The number of fused-ring (bicyclic) bond motifs is 2. The Morgan fingerprint density at radius 3 is 2.43 bits per heavy atom. The molecule has 3 heteroatoms. The maximum absolute atomic E-state index is 11.9. The normalized spacial score (nSPS) is 35.4. The Hall–Kier alpha value is -0.830. The third kappa shape index (κ3) is 1.46. The highest BCUT2D eigenvalue weighted by atomic mass is 16.2. The first-order valence-corrected chi connectivity index (χ1v) is 5.30. The number of rotatable bonds is 1. The molecule has 0 aromatic rings. The monoisotopic (exact) mass is 195 g/mol. The molecule has 0 radical (unpaired) electrons. The van der Waals surface area contributed by atoms with Gasteiger partial charge in [-0.05, 0) is 0 Å². The van der Waals surface area contributed by atoms with Crippen molar-refractivity contribution in [3.05, 3.63) is 11.8 Å². The van der Waals surface area contributed by atoms with Crippen molar-refractivity contribution >= 4 is 5.91 Å². The quantitative estimate of drug-likeness (QED) is 0.567. The predicted molar refractivity (Wildman–Crippen MR) is 55.4 cm³/mol. The largest absolute Gasteiger partial charge is 0.345 e. The molecule has 0 aromatic carbocycles. The van der Waals surface area contributed by atoms with E-state index in [2.05, 4.69) is 13.2 Å². The molecule has 3 rings (SSSR count). The van der Waals surface area contributed by atoms with Crippen molar-refractivity contribution in [3.8, 4) is 0 Å². The van der Waals surface area contributed by atoms with E-state index in [4.69, 9.17) is 0 Å². The summed E-state index contributed by atoms with van der Waals surface area (Å²) in [6.45, 7) is 2.41. The fourth-order valence-corrected chi connectivity index (χ4v) is 2.53. The third-order valence-electron chi connectivity index (χ3n) is 3.52. The van der Waals surface area contributed by atoms with Gasteiger partial charge in [-0.15, -0.1) is 0 Å². The maximum Gasteiger partial charge on any atom is 0.254 e. The van der Waals surface area contributed by atoms with Gasteiger partial charge in [-0.1, -0.05) is 0 Å². The Labute approximate surface area is 85.6 Å². The van der Waals surface area contributed by atoms with Gasteiger partial charge >= 0.3 is 0 Å². The number of quaternary nitrogens is 1. The number of amides is 1. The summed E-state index contributed by atoms with van der Waals surface area (Å²) in [4.78, 5) is 13.6. The van der Waals surface area contributed by atoms with E-state index < -0.39 is 0 Å². The fraction of sp³-hybridized carbons (Fsp3) is 0.727. The molecule has 3 nitrogen and oxygen atoms in total. The Morgan fingerprint density at radius 2 is 2.00 bits per heavy atom. The lowest BCUT2D eigenvalue weighted by Gasteiger charge is -2.43. The average molecular weight is 195 g/mol. The summed E-state index contributed by atoms with van der Waals surface area (Å²) >= 11 is 0. The van der Waals surface area contributed by atoms with Gasteiger partial charge < -0.3 is 4.90 Å². The molecule has 0 N–H and O–H groups in total. The molecule has 78 valence electrons. The van der Waals surface area contributed by atoms with Crippen molar-refractivity contribution in [2.75, 3.05) is 34.2 Å². The Kier molecular flexibility index (Phi) is 2.14. The van der Waals surface area contributed by atoms with Crippen LogP contribution >= 0.6 is 0 Å². The highest BCUT2D eigenvalue weighted by Gasteiger charge is 2.40. The van der Waals surface area contributed by atoms with Crippen LogP contribution in [0.3, 0.4) is 0 Å². The van der Waals surface area contributed by atoms with E-state index in [0.717, 1.165) is 10.1 Å². The molecule has 1 saturated heterocycles. The highest BCUT2D eigenvalue weighted by molar-refractivity contribution is 5.93. The molecule has 1 amide bonds. The van der Waals surface area contributed by atoms with E-state index in [9.17, 15) is 4.79 Å². The third-order valence-corrected chi connectivity index (χ3v) is 3.52. The lowest BCUT2D eigenvalue weighted by molar-refractivity contribution is -0.870. The number of hydrogen-bond acceptors (Lipinski definition) is 1. The zero-order valence-corrected chi connectivity index (χ0v) is 9.29. The number of carbonyl (C=O) groups is 1. The van der Waals surface area contributed by atoms with Crippen LogP contribution in [-0.4, -0.2) is 49.5 Å². The first-order valence-electron chi connectivity index (χ1n) is 5.30. The number of hydrogen-bond donors (Lipinski definition) is 0. The lowest BCUT2D eigenvalue weighted by Crippen LogP contribution is -2.51. The van der Waals surface area contributed by atoms with Crippen LogP contribution in [0.15, 0.2) is 11.8 Å². The maximum atomic E-state index is 11.9. The van der Waals surface area contributed by atoms with Crippen LogP contribution in [0.2, 0.25) is 0 Å². The molecular formula is C11H19N2O+. The molecule has 0 atom stereocenters. The lowest BCUT2D eigenvalue weighted by atomic mass is 9.84. The SMILES string of the molecule is CN(C)C(=O)C1=C[N+]2(C)CCC1CC2. The molecule has 0 unspecified atom stereocenters. The Morgan fingerprint density at radius 1 is 1.43 bits per heavy atom. The molecule has 3 heterocycles. The molecule has 1 fully saturated rings. The van der Waals surface area contributed by atoms with E-state index in [0.29, 0.717) is 5.92 Å². The van der Waals surface area contributed by atoms with Gasteiger partial charge in [-0.3, -0.25) is 9.28 Å². The van der Waals surface area contributed by atoms with Crippen LogP contribution < -0.4 is 0 Å². The van der Waals surface area contributed by atoms with E-state index in [1.807, 2.05) is 14.1 Å². The minimum absolute atomic E-state index is 0.207. The van der Waals surface area contributed by atoms with Crippen molar-refractivity contribution in [2.24, 2.45) is 5.92 Å². The van der Waals surface area contributed by atoms with Crippen LogP contribution in [0.1, 0.15) is 12.8 Å². The molecule has 0 saturated carbocycles. The second-order valence-electron chi connectivity index (χ2n) is 4.98. The number of nitrogens with zero attached hydrogens (tertiary/aromatic N) is 2. The minimum atomic E-state index is 0.207. The summed E-state index contributed by atoms with van der Waals surface area (Å²) in [5.41, 5.74) is 1.05. The summed E-state index contributed by atoms with van der Waals surface area (Å²) in [6.07, 6.45) is 4.55. The van der Waals surface area contributed by atoms with Crippen molar-refractivity contribution in [1.82, 2.24) is 4.90 Å². The van der Waals surface area contributed by atoms with E-state index in [1.54, 1.807) is 4.90 Å². The van der Waals surface area contributed by atoms with E-state index in [1.165, 1.54) is 25.9 Å². The zero-order chi connectivity index (χ0) is 10.3. The summed E-state index contributed by atoms with van der Waals surface area (Å²) in [5.74, 6) is 0.739. The van der Waals surface area contributed by atoms with Gasteiger partial charge in [0.2, 0.25) is 0 Å². The first kappa shape index (κ1) is 9.71. The van der Waals surface area contributed by atoms with Gasteiger partial charge in [0.15, 0.2) is 0 Å². The smallest absolute Gasteiger partial charge is 0.254 e. The van der Waals surface area contributed by atoms with Crippen molar-refractivity contribution in [1.29, 1.82) is 0 Å². The standard InChI is InChI=1S/C11H19N2O/c1-12(2)11(14)10-8-13(3)6-4-9(10)5-7-13/h8-9H,4-7H2,1-3H3/q+1. The van der Waals surface area contributed by atoms with Crippen LogP contribution in [0.4, 0.5) is 0 Å². The molecular weight excluding hydrogens is 176 g/mol. The van der Waals surface area contributed by atoms with Gasteiger partial charge in [0.25, 0.3) is 5.91 Å². The molecule has 0 spiro atoms. The molecule has 3 aliphatic heterocycles. The Bertz CT molecular complexity index is 286. The summed E-state index contributed by atoms with van der Waals surface area (Å²) in [7, 11) is 5.89. The summed E-state index contributed by atoms with van der Waals surface area (Å²) in [6, 6.07) is 0. The topological polar surface area (TPSA) is 20.3 Å². The summed E-state index contributed by atoms with van der Waals surface area (Å²) in [5, 5.41) is 0. The fourth-order valence-electron chi connectivity index (χ4n) is 2.53. The minimum Gasteiger partial charge on any atom is -0.345 e. The van der Waals surface area contributed by atoms with Gasteiger partial charge in [0.05, 0.1) is 25.7 Å². The second kappa shape index (κ2) is 3.09. The van der Waals surface area contributed by atoms with E-state index in [-0.39, 0.29) is 5.91 Å². The van der Waals surface area contributed by atoms with Crippen LogP contribution in [0.25, 0.3) is 0 Å². The summed E-state index contributed by atoms with van der Waals surface area (Å²) < 4.78 is 0.964. The first-order chi connectivity index (χ1) is 6.52. The molecule has 0 aliphatic carbocycles. The van der Waals surface area contributed by atoms with Crippen LogP contribution in [-0.2, 0) is 4.79 Å². The Balaban J connectivity index is 2.28. The van der Waals surface area contributed by atoms with Gasteiger partial charge in [-0.25, -0.2) is 0 Å². The van der Waals surface area contributed by atoms with Crippen LogP contribution in [0.5, 0.6) is 0 Å². The van der Waals surface area contributed by atoms with Gasteiger partial charge in [-0.2, -0.15) is 0 Å². The van der Waals surface area contributed by atoms with Crippen LogP contribution in [0, 0.1) is 5.92 Å². The van der Waals surface area contributed by atoms with Crippen molar-refractivity contribution in [3.63, 3.8) is 0 Å². The van der Waals surface area contributed by atoms with Gasteiger partial charge in [0.1, 0.15) is 6.20 Å². The highest BCUT2D eigenvalue weighted by Crippen LogP contribution is 2.35. The van der Waals surface area contributed by atoms with Crippen molar-refractivity contribution in [2.45, 2.75) is 12.8 Å². The molecule has 14 heavy (non-hydrogen) atoms. The average Bonchev–Trinajstić information content (AvgIpc) is 2.16. The van der Waals surface area contributed by atoms with E-state index >= 15 is 0 Å².